The van der Waals surface area contributed by atoms with Gasteiger partial charge in [-0.1, -0.05) is 55.5 Å². The maximum Gasteiger partial charge on any atom is 0.407 e. The summed E-state index contributed by atoms with van der Waals surface area (Å²) < 4.78 is 5.48. The van der Waals surface area contributed by atoms with Crippen LogP contribution in [0.2, 0.25) is 0 Å². The van der Waals surface area contributed by atoms with Crippen LogP contribution in [0.15, 0.2) is 48.5 Å². The average molecular weight is 437 g/mol. The molecule has 0 saturated heterocycles. The van der Waals surface area contributed by atoms with Crippen LogP contribution in [0.3, 0.4) is 0 Å². The van der Waals surface area contributed by atoms with Crippen LogP contribution in [0.5, 0.6) is 0 Å². The maximum atomic E-state index is 12.7. The lowest BCUT2D eigenvalue weighted by Gasteiger charge is -2.42. The van der Waals surface area contributed by atoms with Crippen molar-refractivity contribution in [2.45, 2.75) is 56.5 Å². The third-order valence-corrected chi connectivity index (χ3v) is 6.71. The standard InChI is InChI=1S/C25H28N2O5/c1-2-25(12-7-13-25)27-23(30)21(14-22(28)29)26-24(31)32-15-20-18-10-5-3-8-16(18)17-9-4-6-11-19(17)20/h3-6,8-11,20-21H,2,7,12-15H2,1H3,(H,26,31)(H,27,30)(H,28,29). The predicted octanol–water partition coefficient (Wildman–Crippen LogP) is 3.82. The molecule has 1 saturated carbocycles. The van der Waals surface area contributed by atoms with Crippen molar-refractivity contribution in [1.29, 1.82) is 0 Å². The van der Waals surface area contributed by atoms with E-state index in [0.717, 1.165) is 47.9 Å². The monoisotopic (exact) mass is 436 g/mol. The van der Waals surface area contributed by atoms with Gasteiger partial charge in [0.1, 0.15) is 12.6 Å². The molecule has 1 unspecified atom stereocenters. The summed E-state index contributed by atoms with van der Waals surface area (Å²) >= 11 is 0. The molecule has 4 rings (SSSR count). The molecule has 0 aliphatic heterocycles. The normalized spacial score (nSPS) is 16.8. The van der Waals surface area contributed by atoms with Crippen molar-refractivity contribution in [3.8, 4) is 11.1 Å². The first-order valence-corrected chi connectivity index (χ1v) is 11.1. The van der Waals surface area contributed by atoms with E-state index in [1.54, 1.807) is 0 Å². The Kier molecular flexibility index (Phi) is 6.17. The van der Waals surface area contributed by atoms with E-state index in [-0.39, 0.29) is 18.1 Å². The van der Waals surface area contributed by atoms with Crippen molar-refractivity contribution in [3.05, 3.63) is 59.7 Å². The van der Waals surface area contributed by atoms with Gasteiger partial charge in [0.15, 0.2) is 0 Å². The Morgan fingerprint density at radius 3 is 2.16 bits per heavy atom. The summed E-state index contributed by atoms with van der Waals surface area (Å²) in [6.45, 7) is 2.09. The molecule has 2 aromatic rings. The number of fused-ring (bicyclic) bond motifs is 3. The highest BCUT2D eigenvalue weighted by molar-refractivity contribution is 5.89. The zero-order valence-corrected chi connectivity index (χ0v) is 18.1. The molecule has 2 aromatic carbocycles. The van der Waals surface area contributed by atoms with Gasteiger partial charge in [-0.25, -0.2) is 4.79 Å². The van der Waals surface area contributed by atoms with Crippen molar-refractivity contribution >= 4 is 18.0 Å². The molecule has 0 heterocycles. The molecule has 3 N–H and O–H groups in total. The van der Waals surface area contributed by atoms with E-state index >= 15 is 0 Å². The molecule has 2 aliphatic rings. The molecule has 0 aromatic heterocycles. The number of alkyl carbamates (subject to hydrolysis) is 1. The summed E-state index contributed by atoms with van der Waals surface area (Å²) in [6.07, 6.45) is 2.21. The number of carbonyl (C=O) groups excluding carboxylic acids is 2. The number of hydrogen-bond acceptors (Lipinski definition) is 4. The van der Waals surface area contributed by atoms with Crippen molar-refractivity contribution < 1.29 is 24.2 Å². The zero-order valence-electron chi connectivity index (χ0n) is 18.1. The summed E-state index contributed by atoms with van der Waals surface area (Å²) in [5.41, 5.74) is 4.10. The number of aliphatic carboxylic acids is 1. The van der Waals surface area contributed by atoms with Crippen LogP contribution in [0.1, 0.15) is 56.1 Å². The molecular weight excluding hydrogens is 408 g/mol. The average Bonchev–Trinajstić information content (AvgIpc) is 3.08. The number of hydrogen-bond donors (Lipinski definition) is 3. The van der Waals surface area contributed by atoms with Crippen LogP contribution in [-0.2, 0) is 14.3 Å². The van der Waals surface area contributed by atoms with Gasteiger partial charge in [-0.15, -0.1) is 0 Å². The van der Waals surface area contributed by atoms with Crippen LogP contribution >= 0.6 is 0 Å². The molecule has 1 fully saturated rings. The maximum absolute atomic E-state index is 12.7. The number of carbonyl (C=O) groups is 3. The fraction of sp³-hybridized carbons (Fsp3) is 0.400. The van der Waals surface area contributed by atoms with Crippen molar-refractivity contribution in [2.24, 2.45) is 0 Å². The van der Waals surface area contributed by atoms with Crippen LogP contribution in [0.25, 0.3) is 11.1 Å². The molecule has 32 heavy (non-hydrogen) atoms. The van der Waals surface area contributed by atoms with Crippen molar-refractivity contribution in [1.82, 2.24) is 10.6 Å². The number of carboxylic acid groups (broad SMARTS) is 1. The van der Waals surface area contributed by atoms with Gasteiger partial charge in [0.25, 0.3) is 0 Å². The summed E-state index contributed by atoms with van der Waals surface area (Å²) in [6, 6.07) is 14.8. The zero-order chi connectivity index (χ0) is 22.7. The first-order valence-electron chi connectivity index (χ1n) is 11.1. The highest BCUT2D eigenvalue weighted by Crippen LogP contribution is 2.44. The third kappa shape index (κ3) is 4.33. The summed E-state index contributed by atoms with van der Waals surface area (Å²) in [5, 5.41) is 14.6. The fourth-order valence-corrected chi connectivity index (χ4v) is 4.69. The Bertz CT molecular complexity index is 979. The van der Waals surface area contributed by atoms with E-state index in [1.165, 1.54) is 0 Å². The van der Waals surface area contributed by atoms with E-state index in [0.29, 0.717) is 0 Å². The number of amides is 2. The Morgan fingerprint density at radius 1 is 1.06 bits per heavy atom. The van der Waals surface area contributed by atoms with Gasteiger partial charge in [-0.05, 0) is 47.9 Å². The summed E-state index contributed by atoms with van der Waals surface area (Å²) in [7, 11) is 0. The van der Waals surface area contributed by atoms with Gasteiger partial charge >= 0.3 is 12.1 Å². The molecule has 168 valence electrons. The molecule has 1 atom stereocenters. The minimum absolute atomic E-state index is 0.0974. The smallest absolute Gasteiger partial charge is 0.407 e. The number of ether oxygens (including phenoxy) is 1. The molecule has 7 heteroatoms. The van der Waals surface area contributed by atoms with E-state index in [9.17, 15) is 19.5 Å². The molecule has 2 aliphatic carbocycles. The van der Waals surface area contributed by atoms with Crippen LogP contribution < -0.4 is 10.6 Å². The van der Waals surface area contributed by atoms with Gasteiger partial charge in [0, 0.05) is 11.5 Å². The third-order valence-electron chi connectivity index (χ3n) is 6.71. The van der Waals surface area contributed by atoms with E-state index in [1.807, 2.05) is 55.5 Å². The van der Waals surface area contributed by atoms with Gasteiger partial charge in [0.2, 0.25) is 5.91 Å². The number of carboxylic acids is 1. The Morgan fingerprint density at radius 2 is 1.66 bits per heavy atom. The van der Waals surface area contributed by atoms with Crippen LogP contribution in [0, 0.1) is 0 Å². The lowest BCUT2D eigenvalue weighted by atomic mass is 9.74. The molecular formula is C25H28N2O5. The topological polar surface area (TPSA) is 105 Å². The number of rotatable bonds is 8. The van der Waals surface area contributed by atoms with Crippen LogP contribution in [0.4, 0.5) is 4.79 Å². The fourth-order valence-electron chi connectivity index (χ4n) is 4.69. The highest BCUT2D eigenvalue weighted by atomic mass is 16.5. The van der Waals surface area contributed by atoms with Gasteiger partial charge in [0.05, 0.1) is 6.42 Å². The minimum Gasteiger partial charge on any atom is -0.481 e. The van der Waals surface area contributed by atoms with E-state index in [4.69, 9.17) is 4.74 Å². The number of nitrogens with one attached hydrogen (secondary N) is 2. The first kappa shape index (κ1) is 21.9. The Labute approximate surface area is 187 Å². The molecule has 0 radical (unpaired) electrons. The van der Waals surface area contributed by atoms with Crippen LogP contribution in [-0.4, -0.2) is 41.3 Å². The first-order chi connectivity index (χ1) is 15.4. The lowest BCUT2D eigenvalue weighted by molar-refractivity contribution is -0.140. The second kappa shape index (κ2) is 9.02. The molecule has 7 nitrogen and oxygen atoms in total. The van der Waals surface area contributed by atoms with Gasteiger partial charge < -0.3 is 20.5 Å². The largest absolute Gasteiger partial charge is 0.481 e. The highest BCUT2D eigenvalue weighted by Gasteiger charge is 2.39. The van der Waals surface area contributed by atoms with E-state index in [2.05, 4.69) is 10.6 Å². The Balaban J connectivity index is 1.41. The number of benzene rings is 2. The molecule has 2 amide bonds. The van der Waals surface area contributed by atoms with Crippen molar-refractivity contribution in [3.63, 3.8) is 0 Å². The van der Waals surface area contributed by atoms with Crippen molar-refractivity contribution in [2.75, 3.05) is 6.61 Å². The minimum atomic E-state index is -1.19. The summed E-state index contributed by atoms with van der Waals surface area (Å²) in [5.74, 6) is -1.76. The quantitative estimate of drug-likeness (QED) is 0.584. The summed E-state index contributed by atoms with van der Waals surface area (Å²) in [4.78, 5) is 36.5. The predicted molar refractivity (Wildman–Crippen MR) is 119 cm³/mol. The molecule has 0 bridgehead atoms. The SMILES string of the molecule is CCC1(NC(=O)C(CC(=O)O)NC(=O)OCC2c3ccccc3-c3ccccc32)CCC1. The Hall–Kier alpha value is -3.35. The second-order valence-electron chi connectivity index (χ2n) is 8.60. The van der Waals surface area contributed by atoms with Gasteiger partial charge in [-0.3, -0.25) is 9.59 Å². The lowest BCUT2D eigenvalue weighted by Crippen LogP contribution is -2.58. The van der Waals surface area contributed by atoms with E-state index < -0.39 is 30.4 Å². The second-order valence-corrected chi connectivity index (χ2v) is 8.60. The molecule has 0 spiro atoms. The van der Waals surface area contributed by atoms with Gasteiger partial charge in [-0.2, -0.15) is 0 Å².